The summed E-state index contributed by atoms with van der Waals surface area (Å²) in [7, 11) is -1.00. The zero-order valence-corrected chi connectivity index (χ0v) is 31.3. The van der Waals surface area contributed by atoms with Crippen molar-refractivity contribution >= 4 is 68.3 Å². The molecule has 9 rings (SSSR count). The lowest BCUT2D eigenvalue weighted by molar-refractivity contribution is 0.00578. The van der Waals surface area contributed by atoms with E-state index in [0.717, 1.165) is 32.5 Å². The summed E-state index contributed by atoms with van der Waals surface area (Å²) >= 11 is 0. The fourth-order valence-electron chi connectivity index (χ4n) is 8.25. The standard InChI is InChI=1S/C46H44B2O4/c1-43(2)44(3,4)50-47(49-43)41-35-25-15-11-21-31(35)39(32-22-12-16-26-36(32)41)29-19-9-10-20-30(29)40-33-23-13-17-27-37(33)42(38-28-18-14-24-34(38)40)48-51-45(5,6)46(7,8)52-48/h9-28H,1-8H3. The van der Waals surface area contributed by atoms with E-state index in [4.69, 9.17) is 18.6 Å². The molecule has 2 aliphatic heterocycles. The average Bonchev–Trinajstić information content (AvgIpc) is 3.47. The van der Waals surface area contributed by atoms with Gasteiger partial charge < -0.3 is 18.6 Å². The van der Waals surface area contributed by atoms with Crippen LogP contribution in [0.3, 0.4) is 0 Å². The summed E-state index contributed by atoms with van der Waals surface area (Å²) in [4.78, 5) is 0. The first-order valence-electron chi connectivity index (χ1n) is 18.5. The van der Waals surface area contributed by atoms with Crippen LogP contribution in [0.4, 0.5) is 0 Å². The van der Waals surface area contributed by atoms with E-state index in [0.29, 0.717) is 0 Å². The summed E-state index contributed by atoms with van der Waals surface area (Å²) < 4.78 is 27.0. The highest BCUT2D eigenvalue weighted by atomic mass is 16.7. The Morgan fingerprint density at radius 1 is 0.308 bits per heavy atom. The molecule has 4 nitrogen and oxygen atoms in total. The van der Waals surface area contributed by atoms with Crippen molar-refractivity contribution in [3.8, 4) is 22.3 Å². The van der Waals surface area contributed by atoms with Gasteiger partial charge in [-0.2, -0.15) is 0 Å². The lowest BCUT2D eigenvalue weighted by Gasteiger charge is -2.32. The SMILES string of the molecule is CC1(C)OB(c2c3ccccc3c(-c3ccccc3-c3c4ccccc4c(B4OC(C)(C)C(C)(C)O4)c4ccccc34)c3ccccc23)OC1(C)C. The van der Waals surface area contributed by atoms with Crippen molar-refractivity contribution < 1.29 is 18.6 Å². The molecule has 258 valence electrons. The van der Waals surface area contributed by atoms with Crippen molar-refractivity contribution in [2.24, 2.45) is 0 Å². The van der Waals surface area contributed by atoms with Crippen LogP contribution < -0.4 is 10.9 Å². The highest BCUT2D eigenvalue weighted by Gasteiger charge is 2.54. The third kappa shape index (κ3) is 4.85. The Kier molecular flexibility index (Phi) is 7.40. The second-order valence-corrected chi connectivity index (χ2v) is 16.5. The van der Waals surface area contributed by atoms with E-state index in [2.05, 4.69) is 177 Å². The average molecular weight is 682 g/mol. The van der Waals surface area contributed by atoms with Crippen molar-refractivity contribution in [3.05, 3.63) is 121 Å². The molecule has 0 bridgehead atoms. The van der Waals surface area contributed by atoms with Crippen molar-refractivity contribution in [2.45, 2.75) is 77.8 Å². The number of hydrogen-bond acceptors (Lipinski definition) is 4. The van der Waals surface area contributed by atoms with Gasteiger partial charge in [-0.15, -0.1) is 0 Å². The molecule has 0 aliphatic carbocycles. The molecule has 7 aromatic carbocycles. The minimum atomic E-state index is -0.500. The smallest absolute Gasteiger partial charge is 0.399 e. The summed E-state index contributed by atoms with van der Waals surface area (Å²) in [5.74, 6) is 0. The fourth-order valence-corrected chi connectivity index (χ4v) is 8.25. The second-order valence-electron chi connectivity index (χ2n) is 16.5. The third-order valence-corrected chi connectivity index (χ3v) is 12.4. The highest BCUT2D eigenvalue weighted by molar-refractivity contribution is 6.69. The first kappa shape index (κ1) is 33.4. The largest absolute Gasteiger partial charge is 0.496 e. The van der Waals surface area contributed by atoms with Gasteiger partial charge in [-0.25, -0.2) is 0 Å². The van der Waals surface area contributed by atoms with Gasteiger partial charge in [0, 0.05) is 0 Å². The normalized spacial score (nSPS) is 19.0. The molecule has 0 aromatic heterocycles. The van der Waals surface area contributed by atoms with Crippen molar-refractivity contribution in [1.29, 1.82) is 0 Å². The zero-order chi connectivity index (χ0) is 36.2. The summed E-state index contributed by atoms with van der Waals surface area (Å²) in [6.45, 7) is 17.0. The summed E-state index contributed by atoms with van der Waals surface area (Å²) in [5.41, 5.74) is 5.07. The molecule has 0 radical (unpaired) electrons. The van der Waals surface area contributed by atoms with E-state index in [1.54, 1.807) is 0 Å². The number of benzene rings is 7. The molecule has 0 spiro atoms. The van der Waals surface area contributed by atoms with Crippen molar-refractivity contribution in [3.63, 3.8) is 0 Å². The van der Waals surface area contributed by atoms with Gasteiger partial charge >= 0.3 is 14.2 Å². The lowest BCUT2D eigenvalue weighted by Crippen LogP contribution is -2.41. The maximum absolute atomic E-state index is 6.74. The molecule has 2 aliphatic rings. The van der Waals surface area contributed by atoms with E-state index < -0.39 is 36.6 Å². The summed E-state index contributed by atoms with van der Waals surface area (Å²) in [6.07, 6.45) is 0. The molecule has 2 heterocycles. The van der Waals surface area contributed by atoms with E-state index >= 15 is 0 Å². The first-order chi connectivity index (χ1) is 24.8. The molecule has 2 saturated heterocycles. The molecular formula is C46H44B2O4. The molecule has 0 atom stereocenters. The quantitative estimate of drug-likeness (QED) is 0.137. The Labute approximate surface area is 307 Å². The predicted molar refractivity (Wildman–Crippen MR) is 219 cm³/mol. The maximum atomic E-state index is 6.74. The van der Waals surface area contributed by atoms with Crippen LogP contribution in [0.1, 0.15) is 55.4 Å². The van der Waals surface area contributed by atoms with Crippen LogP contribution in [0.15, 0.2) is 121 Å². The Morgan fingerprint density at radius 2 is 0.519 bits per heavy atom. The van der Waals surface area contributed by atoms with Gasteiger partial charge in [-0.1, -0.05) is 121 Å². The second kappa shape index (κ2) is 11.5. The fraction of sp³-hybridized carbons (Fsp3) is 0.261. The third-order valence-electron chi connectivity index (χ3n) is 12.4. The number of hydrogen-bond donors (Lipinski definition) is 0. The maximum Gasteiger partial charge on any atom is 0.496 e. The van der Waals surface area contributed by atoms with Gasteiger partial charge in [0.05, 0.1) is 22.4 Å². The lowest BCUT2D eigenvalue weighted by atomic mass is 9.70. The van der Waals surface area contributed by atoms with E-state index in [-0.39, 0.29) is 0 Å². The predicted octanol–water partition coefficient (Wildman–Crippen LogP) is 10.2. The highest BCUT2D eigenvalue weighted by Crippen LogP contribution is 2.46. The van der Waals surface area contributed by atoms with Gasteiger partial charge in [0.25, 0.3) is 0 Å². The Balaban J connectivity index is 1.34. The number of fused-ring (bicyclic) bond motifs is 4. The van der Waals surface area contributed by atoms with Crippen molar-refractivity contribution in [1.82, 2.24) is 0 Å². The van der Waals surface area contributed by atoms with E-state index in [1.807, 2.05) is 0 Å². The van der Waals surface area contributed by atoms with Crippen molar-refractivity contribution in [2.75, 3.05) is 0 Å². The van der Waals surface area contributed by atoms with Crippen LogP contribution in [0.5, 0.6) is 0 Å². The molecule has 0 N–H and O–H groups in total. The molecule has 6 heteroatoms. The summed E-state index contributed by atoms with van der Waals surface area (Å²) in [5, 5.41) is 9.21. The van der Waals surface area contributed by atoms with Crippen LogP contribution >= 0.6 is 0 Å². The van der Waals surface area contributed by atoms with E-state index in [9.17, 15) is 0 Å². The van der Waals surface area contributed by atoms with Gasteiger partial charge in [-0.3, -0.25) is 0 Å². The zero-order valence-electron chi connectivity index (χ0n) is 31.3. The minimum absolute atomic E-state index is 0.459. The molecule has 0 saturated carbocycles. The molecular weight excluding hydrogens is 638 g/mol. The Bertz CT molecular complexity index is 2250. The van der Waals surface area contributed by atoms with Crippen LogP contribution in [0, 0.1) is 0 Å². The van der Waals surface area contributed by atoms with Crippen LogP contribution in [0.25, 0.3) is 65.3 Å². The first-order valence-corrected chi connectivity index (χ1v) is 18.5. The van der Waals surface area contributed by atoms with E-state index in [1.165, 1.54) is 43.8 Å². The number of rotatable bonds is 4. The monoisotopic (exact) mass is 682 g/mol. The van der Waals surface area contributed by atoms with Gasteiger partial charge in [0.15, 0.2) is 0 Å². The summed E-state index contributed by atoms with van der Waals surface area (Å²) in [6, 6.07) is 43.8. The van der Waals surface area contributed by atoms with Gasteiger partial charge in [-0.05, 0) is 132 Å². The van der Waals surface area contributed by atoms with Crippen LogP contribution in [-0.2, 0) is 18.6 Å². The van der Waals surface area contributed by atoms with Crippen LogP contribution in [0.2, 0.25) is 0 Å². The van der Waals surface area contributed by atoms with Crippen LogP contribution in [-0.4, -0.2) is 36.6 Å². The molecule has 2 fully saturated rings. The molecule has 0 unspecified atom stereocenters. The van der Waals surface area contributed by atoms with Gasteiger partial charge in [0.2, 0.25) is 0 Å². The minimum Gasteiger partial charge on any atom is -0.399 e. The topological polar surface area (TPSA) is 36.9 Å². The van der Waals surface area contributed by atoms with Gasteiger partial charge in [0.1, 0.15) is 0 Å². The molecule has 52 heavy (non-hydrogen) atoms. The Hall–Kier alpha value is -4.45. The Morgan fingerprint density at radius 3 is 0.769 bits per heavy atom. The molecule has 0 amide bonds. The molecule has 7 aromatic rings.